The van der Waals surface area contributed by atoms with Crippen LogP contribution in [-0.4, -0.2) is 23.7 Å². The van der Waals surface area contributed by atoms with Gasteiger partial charge in [0.05, 0.1) is 12.2 Å². The van der Waals surface area contributed by atoms with Gasteiger partial charge in [-0.15, -0.1) is 0 Å². The number of aliphatic hydroxyl groups excluding tert-OH is 1. The second-order valence-corrected chi connectivity index (χ2v) is 2.90. The van der Waals surface area contributed by atoms with Crippen LogP contribution in [0.5, 0.6) is 0 Å². The first-order valence-electron chi connectivity index (χ1n) is 4.14. The van der Waals surface area contributed by atoms with E-state index in [1.54, 1.807) is 6.92 Å². The van der Waals surface area contributed by atoms with Gasteiger partial charge in [0.2, 0.25) is 0 Å². The molecule has 2 N–H and O–H groups in total. The first kappa shape index (κ1) is 10.5. The Morgan fingerprint density at radius 1 is 1.64 bits per heavy atom. The number of aliphatic hydroxyl groups is 1. The van der Waals surface area contributed by atoms with Crippen LogP contribution in [0.15, 0.2) is 27.6 Å². The summed E-state index contributed by atoms with van der Waals surface area (Å²) in [7, 11) is 0. The van der Waals surface area contributed by atoms with Crippen LogP contribution in [-0.2, 0) is 0 Å². The monoisotopic (exact) mass is 197 g/mol. The highest BCUT2D eigenvalue weighted by Gasteiger charge is 2.08. The van der Waals surface area contributed by atoms with Gasteiger partial charge in [-0.25, -0.2) is 4.79 Å². The summed E-state index contributed by atoms with van der Waals surface area (Å²) in [5.41, 5.74) is -0.248. The number of hydrogen-bond acceptors (Lipinski definition) is 4. The minimum atomic E-state index is -0.503. The molecule has 0 bridgehead atoms. The van der Waals surface area contributed by atoms with Crippen molar-refractivity contribution in [3.63, 3.8) is 0 Å². The zero-order valence-electron chi connectivity index (χ0n) is 7.69. The summed E-state index contributed by atoms with van der Waals surface area (Å²) >= 11 is 0. The fourth-order valence-electron chi connectivity index (χ4n) is 0.840. The first-order valence-corrected chi connectivity index (χ1v) is 4.14. The maximum absolute atomic E-state index is 11.3. The van der Waals surface area contributed by atoms with Crippen LogP contribution >= 0.6 is 0 Å². The molecule has 5 nitrogen and oxygen atoms in total. The van der Waals surface area contributed by atoms with Crippen LogP contribution < -0.4 is 10.9 Å². The molecule has 1 rings (SSSR count). The van der Waals surface area contributed by atoms with Crippen LogP contribution in [0.4, 0.5) is 0 Å². The van der Waals surface area contributed by atoms with Crippen LogP contribution in [0.1, 0.15) is 17.3 Å². The molecule has 5 heteroatoms. The fourth-order valence-corrected chi connectivity index (χ4v) is 0.840. The summed E-state index contributed by atoms with van der Waals surface area (Å²) in [6.45, 7) is 1.53. The lowest BCUT2D eigenvalue weighted by Crippen LogP contribution is -2.35. The molecule has 76 valence electrons. The van der Waals surface area contributed by atoms with Gasteiger partial charge in [0.15, 0.2) is 0 Å². The van der Waals surface area contributed by atoms with Crippen molar-refractivity contribution >= 4 is 5.91 Å². The largest absolute Gasteiger partial charge is 0.430 e. The third-order valence-electron chi connectivity index (χ3n) is 1.61. The number of nitrogens with one attached hydrogen (secondary N) is 1. The fraction of sp³-hybridized carbons (Fsp3) is 0.333. The van der Waals surface area contributed by atoms with Crippen molar-refractivity contribution in [2.75, 3.05) is 6.61 Å². The molecule has 14 heavy (non-hydrogen) atoms. The molecule has 0 fully saturated rings. The Morgan fingerprint density at radius 3 is 2.86 bits per heavy atom. The Balaban J connectivity index is 2.70. The minimum Gasteiger partial charge on any atom is -0.430 e. The molecule has 1 heterocycles. The predicted molar refractivity (Wildman–Crippen MR) is 49.0 cm³/mol. The molecular weight excluding hydrogens is 186 g/mol. The molecule has 1 atom stereocenters. The van der Waals surface area contributed by atoms with Crippen LogP contribution in [0, 0.1) is 0 Å². The van der Waals surface area contributed by atoms with Gasteiger partial charge in [-0.3, -0.25) is 4.79 Å². The van der Waals surface area contributed by atoms with Crippen molar-refractivity contribution in [2.24, 2.45) is 0 Å². The van der Waals surface area contributed by atoms with Crippen molar-refractivity contribution < 1.29 is 14.3 Å². The van der Waals surface area contributed by atoms with Gasteiger partial charge >= 0.3 is 5.63 Å². The van der Waals surface area contributed by atoms with E-state index in [1.807, 2.05) is 0 Å². The van der Waals surface area contributed by atoms with E-state index in [-0.39, 0.29) is 24.1 Å². The molecule has 0 radical (unpaired) electrons. The Morgan fingerprint density at radius 2 is 2.36 bits per heavy atom. The zero-order valence-corrected chi connectivity index (χ0v) is 7.69. The molecule has 1 amide bonds. The molecule has 0 saturated heterocycles. The summed E-state index contributed by atoms with van der Waals surface area (Å²) < 4.78 is 4.52. The van der Waals surface area contributed by atoms with Gasteiger partial charge in [0.25, 0.3) is 5.91 Å². The van der Waals surface area contributed by atoms with Crippen molar-refractivity contribution in [1.82, 2.24) is 5.32 Å². The standard InChI is InChI=1S/C9H11NO4/c1-6(4-11)10-9(13)7-2-3-8(12)14-5-7/h2-3,5-6,11H,4H2,1H3,(H,10,13). The van der Waals surface area contributed by atoms with Gasteiger partial charge in [0.1, 0.15) is 6.26 Å². The lowest BCUT2D eigenvalue weighted by atomic mass is 10.2. The third kappa shape index (κ3) is 2.70. The number of carbonyl (C=O) groups is 1. The molecule has 1 aromatic heterocycles. The van der Waals surface area contributed by atoms with Gasteiger partial charge < -0.3 is 14.8 Å². The van der Waals surface area contributed by atoms with E-state index in [2.05, 4.69) is 9.73 Å². The van der Waals surface area contributed by atoms with E-state index in [0.29, 0.717) is 0 Å². The number of rotatable bonds is 3. The smallest absolute Gasteiger partial charge is 0.335 e. The summed E-state index contributed by atoms with van der Waals surface area (Å²) in [6, 6.07) is 2.21. The molecule has 0 saturated carbocycles. The lowest BCUT2D eigenvalue weighted by Gasteiger charge is -2.09. The van der Waals surface area contributed by atoms with Crippen molar-refractivity contribution in [3.8, 4) is 0 Å². The Labute approximate surface area is 80.4 Å². The van der Waals surface area contributed by atoms with Gasteiger partial charge in [-0.1, -0.05) is 0 Å². The van der Waals surface area contributed by atoms with Gasteiger partial charge in [0, 0.05) is 12.1 Å². The minimum absolute atomic E-state index is 0.136. The SMILES string of the molecule is CC(CO)NC(=O)c1ccc(=O)oc1. The molecule has 0 aliphatic heterocycles. The van der Waals surface area contributed by atoms with E-state index in [9.17, 15) is 9.59 Å². The summed E-state index contributed by atoms with van der Waals surface area (Å²) in [4.78, 5) is 21.9. The number of hydrogen-bond donors (Lipinski definition) is 2. The van der Waals surface area contributed by atoms with Crippen LogP contribution in [0.3, 0.4) is 0 Å². The topological polar surface area (TPSA) is 79.5 Å². The third-order valence-corrected chi connectivity index (χ3v) is 1.61. The normalized spacial score (nSPS) is 12.1. The van der Waals surface area contributed by atoms with Gasteiger partial charge in [-0.05, 0) is 13.0 Å². The Hall–Kier alpha value is -1.62. The average Bonchev–Trinajstić information content (AvgIpc) is 2.18. The number of amides is 1. The van der Waals surface area contributed by atoms with Gasteiger partial charge in [-0.2, -0.15) is 0 Å². The molecular formula is C9H11NO4. The lowest BCUT2D eigenvalue weighted by molar-refractivity contribution is 0.0920. The van der Waals surface area contributed by atoms with E-state index in [0.717, 1.165) is 6.26 Å². The highest BCUT2D eigenvalue weighted by Crippen LogP contribution is 1.95. The van der Waals surface area contributed by atoms with Crippen molar-refractivity contribution in [1.29, 1.82) is 0 Å². The maximum atomic E-state index is 11.3. The highest BCUT2D eigenvalue weighted by atomic mass is 16.4. The second-order valence-electron chi connectivity index (χ2n) is 2.90. The average molecular weight is 197 g/mol. The quantitative estimate of drug-likeness (QED) is 0.700. The van der Waals surface area contributed by atoms with Crippen molar-refractivity contribution in [3.05, 3.63) is 34.4 Å². The van der Waals surface area contributed by atoms with E-state index < -0.39 is 5.63 Å². The Bertz CT molecular complexity index is 351. The molecule has 0 aliphatic carbocycles. The molecule has 0 aromatic carbocycles. The number of carbonyl (C=O) groups excluding carboxylic acids is 1. The van der Waals surface area contributed by atoms with E-state index in [4.69, 9.17) is 5.11 Å². The highest BCUT2D eigenvalue weighted by molar-refractivity contribution is 5.93. The molecule has 0 aliphatic rings. The molecule has 0 spiro atoms. The van der Waals surface area contributed by atoms with E-state index >= 15 is 0 Å². The van der Waals surface area contributed by atoms with Crippen LogP contribution in [0.25, 0.3) is 0 Å². The second kappa shape index (κ2) is 4.57. The maximum Gasteiger partial charge on any atom is 0.335 e. The summed E-state index contributed by atoms with van der Waals surface area (Å²) in [5.74, 6) is -0.379. The predicted octanol–water partition coefficient (Wildman–Crippen LogP) is -0.250. The first-order chi connectivity index (χ1) is 6.63. The zero-order chi connectivity index (χ0) is 10.6. The summed E-state index contributed by atoms with van der Waals surface area (Å²) in [6.07, 6.45) is 1.09. The van der Waals surface area contributed by atoms with Crippen molar-refractivity contribution in [2.45, 2.75) is 13.0 Å². The van der Waals surface area contributed by atoms with E-state index in [1.165, 1.54) is 12.1 Å². The Kier molecular flexibility index (Phi) is 3.41. The van der Waals surface area contributed by atoms with Crippen LogP contribution in [0.2, 0.25) is 0 Å². The molecule has 1 aromatic rings. The summed E-state index contributed by atoms with van der Waals surface area (Å²) in [5, 5.41) is 11.2. The molecule has 1 unspecified atom stereocenters.